The molecule has 0 aliphatic carbocycles. The number of ether oxygens (including phenoxy) is 1. The molecular formula is C62H48Cl3N23O5. The summed E-state index contributed by atoms with van der Waals surface area (Å²) in [6, 6.07) is 34.1. The Balaban J connectivity index is 0.000000146. The van der Waals surface area contributed by atoms with Crippen LogP contribution < -0.4 is 26.0 Å². The highest BCUT2D eigenvalue weighted by Crippen LogP contribution is 2.20. The summed E-state index contributed by atoms with van der Waals surface area (Å²) in [4.78, 5) is 127. The van der Waals surface area contributed by atoms with E-state index in [1.165, 1.54) is 36.8 Å². The van der Waals surface area contributed by atoms with Gasteiger partial charge in [0.05, 0.1) is 23.8 Å². The molecule has 0 bridgehead atoms. The summed E-state index contributed by atoms with van der Waals surface area (Å²) in [6.07, 6.45) is 14.0. The first-order valence-corrected chi connectivity index (χ1v) is 28.4. The molecule has 462 valence electrons. The maximum atomic E-state index is 12.3. The van der Waals surface area contributed by atoms with E-state index >= 15 is 0 Å². The predicted octanol–water partition coefficient (Wildman–Crippen LogP) is 10.1. The minimum Gasteiger partial charge on any atom is -0.497 e. The van der Waals surface area contributed by atoms with Crippen LogP contribution in [0, 0.1) is 27.7 Å². The first-order chi connectivity index (χ1) is 45.0. The summed E-state index contributed by atoms with van der Waals surface area (Å²) >= 11 is 17.1. The van der Waals surface area contributed by atoms with E-state index in [-0.39, 0.29) is 47.4 Å². The lowest BCUT2D eigenvalue weighted by atomic mass is 10.2. The minimum absolute atomic E-state index is 0.151. The number of nitrogens with one attached hydrogen (secondary N) is 4. The average molecular weight is 1300 g/mol. The molecule has 11 aromatic heterocycles. The van der Waals surface area contributed by atoms with Gasteiger partial charge in [0.2, 0.25) is 23.8 Å². The number of rotatable bonds is 13. The monoisotopic (exact) mass is 1300 g/mol. The lowest BCUT2D eigenvalue weighted by molar-refractivity contribution is 0.101. The molecule has 0 spiro atoms. The molecule has 0 saturated carbocycles. The molecule has 0 saturated heterocycles. The highest BCUT2D eigenvalue weighted by molar-refractivity contribution is 6.30. The molecule has 0 unspecified atom stereocenters. The summed E-state index contributed by atoms with van der Waals surface area (Å²) in [6.45, 7) is 6.90. The van der Waals surface area contributed by atoms with Crippen molar-refractivity contribution in [1.29, 1.82) is 0 Å². The summed E-state index contributed by atoms with van der Waals surface area (Å²) in [5.41, 5.74) is 4.29. The molecule has 0 aliphatic rings. The quantitative estimate of drug-likeness (QED) is 0.0779. The van der Waals surface area contributed by atoms with Crippen LogP contribution >= 0.6 is 34.8 Å². The SMILES string of the molecule is COc1ccc(C(=O)Nc2nc(C)nc(-c3ccccn3)n2)cc1.Cc1nc(NC(=O)c2ccc(Cl)nc2)nc(-c2ccccn2)n1.Cc1nc(NC(=O)c2ccc(Cl)nc2)nc(-c2cccnc2)n1.Cc1nc(NC(=O)c2ccc(Cl)nc2)nc(-c2ccncc2)n1. The zero-order chi connectivity index (χ0) is 65.6. The Bertz CT molecular complexity index is 4180. The van der Waals surface area contributed by atoms with Crippen molar-refractivity contribution in [3.8, 4) is 51.6 Å². The van der Waals surface area contributed by atoms with Gasteiger partial charge in [-0.25, -0.2) is 34.9 Å². The smallest absolute Gasteiger partial charge is 0.259 e. The molecule has 0 atom stereocenters. The summed E-state index contributed by atoms with van der Waals surface area (Å²) in [7, 11) is 1.57. The lowest BCUT2D eigenvalue weighted by Crippen LogP contribution is -2.15. The van der Waals surface area contributed by atoms with E-state index in [0.29, 0.717) is 101 Å². The second kappa shape index (κ2) is 31.9. The van der Waals surface area contributed by atoms with Crippen molar-refractivity contribution < 1.29 is 23.9 Å². The molecule has 12 aromatic rings. The Labute approximate surface area is 543 Å². The van der Waals surface area contributed by atoms with Crippen molar-refractivity contribution in [2.75, 3.05) is 28.4 Å². The summed E-state index contributed by atoms with van der Waals surface area (Å²) < 4.78 is 5.08. The van der Waals surface area contributed by atoms with E-state index < -0.39 is 0 Å². The van der Waals surface area contributed by atoms with Crippen molar-refractivity contribution >= 4 is 82.2 Å². The van der Waals surface area contributed by atoms with Crippen LogP contribution in [0.5, 0.6) is 5.75 Å². The van der Waals surface area contributed by atoms with Gasteiger partial charge < -0.3 is 4.74 Å². The van der Waals surface area contributed by atoms with Gasteiger partial charge >= 0.3 is 0 Å². The Kier molecular flexibility index (Phi) is 22.4. The molecule has 0 fully saturated rings. The third kappa shape index (κ3) is 19.4. The Morgan fingerprint density at radius 1 is 0.333 bits per heavy atom. The highest BCUT2D eigenvalue weighted by Gasteiger charge is 2.17. The topological polar surface area (TPSA) is 371 Å². The molecule has 31 heteroatoms. The van der Waals surface area contributed by atoms with Crippen molar-refractivity contribution in [1.82, 2.24) is 94.7 Å². The van der Waals surface area contributed by atoms with Crippen LogP contribution in [0.2, 0.25) is 15.5 Å². The number of benzene rings is 1. The zero-order valence-corrected chi connectivity index (χ0v) is 51.7. The number of aromatic nitrogens is 19. The fourth-order valence-corrected chi connectivity index (χ4v) is 7.93. The molecule has 11 heterocycles. The average Bonchev–Trinajstić information content (AvgIpc) is 1.50. The van der Waals surface area contributed by atoms with E-state index in [2.05, 4.69) is 116 Å². The van der Waals surface area contributed by atoms with E-state index in [9.17, 15) is 19.2 Å². The number of hydrogen-bond acceptors (Lipinski definition) is 24. The van der Waals surface area contributed by atoms with E-state index in [0.717, 1.165) is 11.1 Å². The number of carbonyl (C=O) groups excluding carboxylic acids is 4. The zero-order valence-electron chi connectivity index (χ0n) is 49.4. The minimum atomic E-state index is -0.383. The fourth-order valence-electron chi connectivity index (χ4n) is 7.59. The number of pyridine rings is 7. The Morgan fingerprint density at radius 2 is 0.710 bits per heavy atom. The van der Waals surface area contributed by atoms with Gasteiger partial charge in [-0.2, -0.15) is 39.9 Å². The van der Waals surface area contributed by atoms with Gasteiger partial charge in [0.1, 0.15) is 55.9 Å². The Hall–Kier alpha value is -12.1. The maximum absolute atomic E-state index is 12.3. The number of anilines is 4. The predicted molar refractivity (Wildman–Crippen MR) is 344 cm³/mol. The number of amides is 4. The highest BCUT2D eigenvalue weighted by atomic mass is 35.5. The normalized spacial score (nSPS) is 10.3. The van der Waals surface area contributed by atoms with E-state index in [4.69, 9.17) is 39.5 Å². The van der Waals surface area contributed by atoms with Gasteiger partial charge in [-0.15, -0.1) is 0 Å². The van der Waals surface area contributed by atoms with Crippen LogP contribution in [0.1, 0.15) is 64.7 Å². The number of halogens is 3. The number of methoxy groups -OCH3 is 1. The van der Waals surface area contributed by atoms with Crippen molar-refractivity contribution in [2.24, 2.45) is 0 Å². The summed E-state index contributed by atoms with van der Waals surface area (Å²) in [5, 5.41) is 11.5. The van der Waals surface area contributed by atoms with Crippen LogP contribution in [-0.4, -0.2) is 125 Å². The van der Waals surface area contributed by atoms with Crippen molar-refractivity contribution in [3.05, 3.63) is 238 Å². The maximum Gasteiger partial charge on any atom is 0.259 e. The Morgan fingerprint density at radius 3 is 1.06 bits per heavy atom. The second-order valence-corrected chi connectivity index (χ2v) is 19.8. The van der Waals surface area contributed by atoms with Crippen molar-refractivity contribution in [3.63, 3.8) is 0 Å². The molecular weight excluding hydrogens is 1250 g/mol. The van der Waals surface area contributed by atoms with E-state index in [1.807, 2.05) is 24.3 Å². The van der Waals surface area contributed by atoms with Gasteiger partial charge in [-0.3, -0.25) is 60.4 Å². The first kappa shape index (κ1) is 65.3. The largest absolute Gasteiger partial charge is 0.497 e. The van der Waals surface area contributed by atoms with Crippen molar-refractivity contribution in [2.45, 2.75) is 27.7 Å². The lowest BCUT2D eigenvalue weighted by Gasteiger charge is -2.07. The molecule has 1 aromatic carbocycles. The van der Waals surface area contributed by atoms with Crippen LogP contribution in [0.4, 0.5) is 23.8 Å². The molecule has 0 aliphatic heterocycles. The second-order valence-electron chi connectivity index (χ2n) is 18.7. The fraction of sp³-hybridized carbons (Fsp3) is 0.0806. The van der Waals surface area contributed by atoms with Gasteiger partial charge in [-0.1, -0.05) is 46.9 Å². The molecule has 4 amide bonds. The summed E-state index contributed by atoms with van der Waals surface area (Å²) in [5.74, 6) is 3.57. The number of hydrogen-bond donors (Lipinski definition) is 4. The molecule has 4 N–H and O–H groups in total. The van der Waals surface area contributed by atoms with Gasteiger partial charge in [0, 0.05) is 72.5 Å². The third-order valence-corrected chi connectivity index (χ3v) is 12.5. The first-order valence-electron chi connectivity index (χ1n) is 27.3. The molecule has 93 heavy (non-hydrogen) atoms. The van der Waals surface area contributed by atoms with Crippen LogP contribution in [0.15, 0.2) is 177 Å². The number of aryl methyl sites for hydroxylation is 4. The molecule has 12 rings (SSSR count). The molecule has 28 nitrogen and oxygen atoms in total. The van der Waals surface area contributed by atoms with Crippen LogP contribution in [0.3, 0.4) is 0 Å². The number of nitrogens with zero attached hydrogens (tertiary/aromatic N) is 19. The van der Waals surface area contributed by atoms with Crippen LogP contribution in [0.25, 0.3) is 45.8 Å². The van der Waals surface area contributed by atoms with E-state index in [1.54, 1.807) is 151 Å². The molecule has 0 radical (unpaired) electrons. The third-order valence-electron chi connectivity index (χ3n) is 11.9. The van der Waals surface area contributed by atoms with Crippen LogP contribution in [-0.2, 0) is 0 Å². The van der Waals surface area contributed by atoms with Gasteiger partial charge in [-0.05, 0) is 137 Å². The van der Waals surface area contributed by atoms with Gasteiger partial charge in [0.25, 0.3) is 23.6 Å². The number of carbonyl (C=O) groups is 4. The van der Waals surface area contributed by atoms with Gasteiger partial charge in [0.15, 0.2) is 23.3 Å². The standard InChI is InChI=1S/C17H15N5O2.3C15H11ClN6O/c1-11-19-15(14-5-3-4-10-18-14)21-17(20-11)22-16(23)12-6-8-13(24-2)9-7-12;1-9-19-13(10-4-6-17-7-5-10)21-15(20-9)22-14(23)11-2-3-12(16)18-8-11;1-9-19-13(10-3-2-6-17-7-10)21-15(20-9)22-14(23)11-4-5-12(16)18-8-11;1-9-19-13(11-4-2-3-7-17-11)21-15(20-9)22-14(23)10-5-6-12(16)18-8-10/h3-10H,1-2H3,(H,19,20,21,22,23);3*2-8H,1H3,(H,19,20,21,22,23).